The number of fused-ring (bicyclic) bond motifs is 1. The number of amides is 1. The van der Waals surface area contributed by atoms with E-state index in [1.54, 1.807) is 6.20 Å². The number of nitrogens with one attached hydrogen (secondary N) is 1. The largest absolute Gasteiger partial charge is 0.352 e. The molecule has 1 amide bonds. The van der Waals surface area contributed by atoms with E-state index in [2.05, 4.69) is 10.3 Å². The van der Waals surface area contributed by atoms with Crippen LogP contribution in [0.15, 0.2) is 36.5 Å². The normalized spacial score (nSPS) is 22.1. The number of nitrogens with zero attached hydrogens (tertiary/aromatic N) is 1. The van der Waals surface area contributed by atoms with Crippen LogP contribution in [0.25, 0.3) is 10.9 Å². The number of benzene rings is 1. The zero-order valence-corrected chi connectivity index (χ0v) is 12.1. The molecule has 0 saturated heterocycles. The van der Waals surface area contributed by atoms with Crippen LogP contribution in [0.5, 0.6) is 0 Å². The van der Waals surface area contributed by atoms with E-state index in [9.17, 15) is 4.79 Å². The lowest BCUT2D eigenvalue weighted by atomic mass is 9.86. The number of carbonyl (C=O) groups excluding carboxylic acids is 1. The van der Waals surface area contributed by atoms with Crippen LogP contribution in [0.1, 0.15) is 36.0 Å². The summed E-state index contributed by atoms with van der Waals surface area (Å²) < 4.78 is 0. The average Bonchev–Trinajstić information content (AvgIpc) is 2.53. The van der Waals surface area contributed by atoms with Crippen molar-refractivity contribution in [1.29, 1.82) is 0 Å². The summed E-state index contributed by atoms with van der Waals surface area (Å²) in [7, 11) is 0. The highest BCUT2D eigenvalue weighted by atomic mass is 16.1. The Hall–Kier alpha value is -1.94. The molecule has 0 radical (unpaired) electrons. The predicted molar refractivity (Wildman–Crippen MR) is 84.0 cm³/mol. The van der Waals surface area contributed by atoms with E-state index >= 15 is 0 Å². The molecule has 1 aromatic heterocycles. The number of carbonyl (C=O) groups is 1. The summed E-state index contributed by atoms with van der Waals surface area (Å²) in [5, 5.41) is 3.97. The minimum Gasteiger partial charge on any atom is -0.352 e. The van der Waals surface area contributed by atoms with Gasteiger partial charge in [-0.2, -0.15) is 0 Å². The summed E-state index contributed by atoms with van der Waals surface area (Å²) >= 11 is 0. The van der Waals surface area contributed by atoms with Gasteiger partial charge in [-0.3, -0.25) is 9.78 Å². The van der Waals surface area contributed by atoms with Crippen molar-refractivity contribution in [2.24, 2.45) is 11.7 Å². The van der Waals surface area contributed by atoms with Gasteiger partial charge in [-0.1, -0.05) is 12.1 Å². The number of rotatable bonds is 3. The number of pyridine rings is 1. The molecule has 4 heteroatoms. The van der Waals surface area contributed by atoms with Gasteiger partial charge in [0.15, 0.2) is 0 Å². The van der Waals surface area contributed by atoms with Crippen molar-refractivity contribution < 1.29 is 4.79 Å². The topological polar surface area (TPSA) is 68.0 Å². The zero-order valence-electron chi connectivity index (χ0n) is 12.1. The third-order valence-corrected chi connectivity index (χ3v) is 4.33. The lowest BCUT2D eigenvalue weighted by Crippen LogP contribution is -2.34. The Bertz CT molecular complexity index is 627. The van der Waals surface area contributed by atoms with E-state index in [1.165, 1.54) is 0 Å². The maximum Gasteiger partial charge on any atom is 0.251 e. The van der Waals surface area contributed by atoms with Crippen LogP contribution in [0.4, 0.5) is 0 Å². The van der Waals surface area contributed by atoms with Crippen LogP contribution in [-0.2, 0) is 0 Å². The van der Waals surface area contributed by atoms with Gasteiger partial charge in [0.2, 0.25) is 0 Å². The molecule has 1 aliphatic carbocycles. The van der Waals surface area contributed by atoms with E-state index in [0.717, 1.165) is 43.1 Å². The van der Waals surface area contributed by atoms with Gasteiger partial charge < -0.3 is 11.1 Å². The van der Waals surface area contributed by atoms with Gasteiger partial charge >= 0.3 is 0 Å². The van der Waals surface area contributed by atoms with E-state index < -0.39 is 0 Å². The summed E-state index contributed by atoms with van der Waals surface area (Å²) in [5.41, 5.74) is 7.47. The van der Waals surface area contributed by atoms with E-state index in [1.807, 2.05) is 30.3 Å². The van der Waals surface area contributed by atoms with Crippen LogP contribution in [-0.4, -0.2) is 23.5 Å². The molecule has 3 rings (SSSR count). The molecule has 0 bridgehead atoms. The molecule has 0 atom stereocenters. The summed E-state index contributed by atoms with van der Waals surface area (Å²) in [6, 6.07) is 9.81. The third kappa shape index (κ3) is 3.22. The van der Waals surface area contributed by atoms with Crippen molar-refractivity contribution in [2.45, 2.75) is 31.7 Å². The first-order valence-electron chi connectivity index (χ1n) is 7.61. The van der Waals surface area contributed by atoms with Gasteiger partial charge in [0.1, 0.15) is 0 Å². The Morgan fingerprint density at radius 1 is 1.19 bits per heavy atom. The number of aromatic nitrogens is 1. The Morgan fingerprint density at radius 2 is 2.00 bits per heavy atom. The second kappa shape index (κ2) is 6.22. The number of nitrogens with two attached hydrogens (primary N) is 1. The third-order valence-electron chi connectivity index (χ3n) is 4.33. The molecule has 1 aliphatic rings. The minimum atomic E-state index is -0.0107. The molecule has 2 aromatic rings. The predicted octanol–water partition coefficient (Wildman–Crippen LogP) is 2.48. The van der Waals surface area contributed by atoms with Gasteiger partial charge in [0.25, 0.3) is 5.91 Å². The van der Waals surface area contributed by atoms with Gasteiger partial charge in [0.05, 0.1) is 5.52 Å². The smallest absolute Gasteiger partial charge is 0.251 e. The molecule has 21 heavy (non-hydrogen) atoms. The molecule has 1 saturated carbocycles. The lowest BCUT2D eigenvalue weighted by molar-refractivity contribution is 0.0944. The van der Waals surface area contributed by atoms with Crippen LogP contribution in [0.3, 0.4) is 0 Å². The Balaban J connectivity index is 1.67. The standard InChI is InChI=1S/C17H21N3O/c18-13-8-6-12(7-9-13)11-20-17(21)15-3-1-5-16-14(15)4-2-10-19-16/h1-5,10,12-13H,6-9,11,18H2,(H,20,21). The fourth-order valence-electron chi connectivity index (χ4n) is 3.03. The van der Waals surface area contributed by atoms with Crippen LogP contribution >= 0.6 is 0 Å². The Kier molecular flexibility index (Phi) is 4.15. The van der Waals surface area contributed by atoms with Gasteiger partial charge in [-0.05, 0) is 49.8 Å². The fourth-order valence-corrected chi connectivity index (χ4v) is 3.03. The molecule has 1 aromatic carbocycles. The summed E-state index contributed by atoms with van der Waals surface area (Å²) in [4.78, 5) is 16.7. The highest BCUT2D eigenvalue weighted by Gasteiger charge is 2.19. The number of hydrogen-bond donors (Lipinski definition) is 2. The first-order valence-corrected chi connectivity index (χ1v) is 7.61. The highest BCUT2D eigenvalue weighted by molar-refractivity contribution is 6.06. The van der Waals surface area contributed by atoms with Gasteiger partial charge in [0, 0.05) is 29.7 Å². The summed E-state index contributed by atoms with van der Waals surface area (Å²) in [6.45, 7) is 0.738. The molecule has 4 nitrogen and oxygen atoms in total. The van der Waals surface area contributed by atoms with E-state index in [4.69, 9.17) is 5.73 Å². The Morgan fingerprint density at radius 3 is 2.81 bits per heavy atom. The maximum atomic E-state index is 12.4. The van der Waals surface area contributed by atoms with E-state index in [0.29, 0.717) is 17.5 Å². The fraction of sp³-hybridized carbons (Fsp3) is 0.412. The minimum absolute atomic E-state index is 0.0107. The second-order valence-electron chi connectivity index (χ2n) is 5.87. The van der Waals surface area contributed by atoms with Crippen molar-refractivity contribution >= 4 is 16.8 Å². The molecule has 3 N–H and O–H groups in total. The maximum absolute atomic E-state index is 12.4. The van der Waals surface area contributed by atoms with Gasteiger partial charge in [-0.15, -0.1) is 0 Å². The molecule has 1 fully saturated rings. The quantitative estimate of drug-likeness (QED) is 0.909. The van der Waals surface area contributed by atoms with Crippen molar-refractivity contribution in [3.63, 3.8) is 0 Å². The first-order chi connectivity index (χ1) is 10.2. The molecular formula is C17H21N3O. The molecule has 0 aliphatic heterocycles. The summed E-state index contributed by atoms with van der Waals surface area (Å²) in [6.07, 6.45) is 6.10. The van der Waals surface area contributed by atoms with E-state index in [-0.39, 0.29) is 5.91 Å². The number of hydrogen-bond acceptors (Lipinski definition) is 3. The van der Waals surface area contributed by atoms with Crippen LogP contribution in [0, 0.1) is 5.92 Å². The van der Waals surface area contributed by atoms with Crippen LogP contribution in [0.2, 0.25) is 0 Å². The molecule has 0 unspecified atom stereocenters. The van der Waals surface area contributed by atoms with Crippen molar-refractivity contribution in [3.8, 4) is 0 Å². The molecule has 1 heterocycles. The monoisotopic (exact) mass is 283 g/mol. The van der Waals surface area contributed by atoms with Crippen molar-refractivity contribution in [3.05, 3.63) is 42.1 Å². The molecule has 0 spiro atoms. The first kappa shape index (κ1) is 14.0. The second-order valence-corrected chi connectivity index (χ2v) is 5.87. The zero-order chi connectivity index (χ0) is 14.7. The van der Waals surface area contributed by atoms with Gasteiger partial charge in [-0.25, -0.2) is 0 Å². The molecular weight excluding hydrogens is 262 g/mol. The SMILES string of the molecule is NC1CCC(CNC(=O)c2cccc3ncccc23)CC1. The van der Waals surface area contributed by atoms with Crippen molar-refractivity contribution in [1.82, 2.24) is 10.3 Å². The Labute approximate surface area is 124 Å². The highest BCUT2D eigenvalue weighted by Crippen LogP contribution is 2.22. The average molecular weight is 283 g/mol. The lowest BCUT2D eigenvalue weighted by Gasteiger charge is -2.26. The molecule has 110 valence electrons. The summed E-state index contributed by atoms with van der Waals surface area (Å²) in [5.74, 6) is 0.547. The van der Waals surface area contributed by atoms with Crippen LogP contribution < -0.4 is 11.1 Å². The van der Waals surface area contributed by atoms with Crippen molar-refractivity contribution in [2.75, 3.05) is 6.54 Å².